The largest absolute Gasteiger partial charge is 0.493 e. The zero-order valence-corrected chi connectivity index (χ0v) is 7.85. The van der Waals surface area contributed by atoms with E-state index in [1.807, 2.05) is 0 Å². The molecule has 0 fully saturated rings. The SMILES string of the molecule is O=C(On1cnc2nc[nH]c2c1=O)C(F)(F)F. The van der Waals surface area contributed by atoms with Gasteiger partial charge in [0.05, 0.1) is 6.33 Å². The first-order chi connectivity index (χ1) is 7.89. The van der Waals surface area contributed by atoms with Crippen LogP contribution in [-0.4, -0.2) is 31.8 Å². The van der Waals surface area contributed by atoms with E-state index in [1.54, 1.807) is 0 Å². The molecule has 1 N–H and O–H groups in total. The minimum absolute atomic E-state index is 0.00862. The van der Waals surface area contributed by atoms with Crippen molar-refractivity contribution >= 4 is 17.1 Å². The third kappa shape index (κ3) is 1.96. The molecular formula is C7H3F3N4O3. The van der Waals surface area contributed by atoms with Gasteiger partial charge in [-0.05, 0) is 0 Å². The van der Waals surface area contributed by atoms with Gasteiger partial charge in [-0.15, -0.1) is 4.73 Å². The highest BCUT2D eigenvalue weighted by Crippen LogP contribution is 2.14. The van der Waals surface area contributed by atoms with Crippen LogP contribution in [0.3, 0.4) is 0 Å². The van der Waals surface area contributed by atoms with Crippen LogP contribution in [0.1, 0.15) is 0 Å². The Labute approximate surface area is 89.8 Å². The fourth-order valence-corrected chi connectivity index (χ4v) is 1.02. The summed E-state index contributed by atoms with van der Waals surface area (Å²) in [7, 11) is 0. The average molecular weight is 248 g/mol. The highest BCUT2D eigenvalue weighted by Gasteiger charge is 2.42. The van der Waals surface area contributed by atoms with Crippen molar-refractivity contribution in [1.82, 2.24) is 19.7 Å². The molecule has 0 aliphatic rings. The third-order valence-electron chi connectivity index (χ3n) is 1.73. The molecule has 90 valence electrons. The van der Waals surface area contributed by atoms with Crippen molar-refractivity contribution in [3.05, 3.63) is 23.0 Å². The fourth-order valence-electron chi connectivity index (χ4n) is 1.02. The van der Waals surface area contributed by atoms with Crippen LogP contribution in [0, 0.1) is 0 Å². The van der Waals surface area contributed by atoms with Gasteiger partial charge in [0.1, 0.15) is 6.33 Å². The summed E-state index contributed by atoms with van der Waals surface area (Å²) in [6, 6.07) is 0. The van der Waals surface area contributed by atoms with Crippen molar-refractivity contribution in [2.45, 2.75) is 6.18 Å². The summed E-state index contributed by atoms with van der Waals surface area (Å²) in [5.74, 6) is -2.51. The van der Waals surface area contributed by atoms with Gasteiger partial charge in [0.25, 0.3) is 0 Å². The maximum Gasteiger partial charge on any atom is 0.493 e. The first-order valence-corrected chi connectivity index (χ1v) is 4.10. The van der Waals surface area contributed by atoms with Gasteiger partial charge in [-0.1, -0.05) is 0 Å². The zero-order chi connectivity index (χ0) is 12.6. The van der Waals surface area contributed by atoms with Crippen LogP contribution in [0.25, 0.3) is 11.2 Å². The molecule has 7 nitrogen and oxygen atoms in total. The molecule has 0 aliphatic carbocycles. The van der Waals surface area contributed by atoms with Gasteiger partial charge in [0.2, 0.25) is 0 Å². The average Bonchev–Trinajstić information content (AvgIpc) is 2.69. The Bertz CT molecular complexity index is 629. The van der Waals surface area contributed by atoms with Crippen LogP contribution >= 0.6 is 0 Å². The van der Waals surface area contributed by atoms with Crippen molar-refractivity contribution in [2.24, 2.45) is 0 Å². The van der Waals surface area contributed by atoms with Crippen molar-refractivity contribution in [3.63, 3.8) is 0 Å². The van der Waals surface area contributed by atoms with Gasteiger partial charge in [0.15, 0.2) is 11.2 Å². The monoisotopic (exact) mass is 248 g/mol. The number of carbonyl (C=O) groups excluding carboxylic acids is 1. The molecule has 0 unspecified atom stereocenters. The first-order valence-electron chi connectivity index (χ1n) is 4.10. The predicted molar refractivity (Wildman–Crippen MR) is 45.8 cm³/mol. The smallest absolute Gasteiger partial charge is 0.339 e. The van der Waals surface area contributed by atoms with Gasteiger partial charge >= 0.3 is 17.7 Å². The topological polar surface area (TPSA) is 89.9 Å². The van der Waals surface area contributed by atoms with Gasteiger partial charge in [-0.2, -0.15) is 13.2 Å². The number of carbonyl (C=O) groups is 1. The lowest BCUT2D eigenvalue weighted by atomic mass is 10.5. The number of nitrogens with zero attached hydrogens (tertiary/aromatic N) is 3. The molecule has 2 rings (SSSR count). The summed E-state index contributed by atoms with van der Waals surface area (Å²) in [4.78, 5) is 35.3. The Morgan fingerprint density at radius 1 is 1.41 bits per heavy atom. The van der Waals surface area contributed by atoms with E-state index in [0.29, 0.717) is 6.33 Å². The Balaban J connectivity index is 2.40. The molecule has 10 heteroatoms. The lowest BCUT2D eigenvalue weighted by Crippen LogP contribution is -2.38. The summed E-state index contributed by atoms with van der Waals surface area (Å²) in [5, 5.41) is 0. The molecule has 0 saturated carbocycles. The van der Waals surface area contributed by atoms with Crippen LogP contribution < -0.4 is 10.4 Å². The van der Waals surface area contributed by atoms with Crippen LogP contribution in [0.2, 0.25) is 0 Å². The van der Waals surface area contributed by atoms with Crippen molar-refractivity contribution in [2.75, 3.05) is 0 Å². The number of halogens is 3. The lowest BCUT2D eigenvalue weighted by molar-refractivity contribution is -0.200. The molecule has 0 atom stereocenters. The molecule has 2 heterocycles. The number of fused-ring (bicyclic) bond motifs is 1. The van der Waals surface area contributed by atoms with E-state index in [9.17, 15) is 22.8 Å². The summed E-state index contributed by atoms with van der Waals surface area (Å²) < 4.78 is 35.7. The number of aromatic amines is 1. The fraction of sp³-hybridized carbons (Fsp3) is 0.143. The molecule has 0 bridgehead atoms. The maximum atomic E-state index is 11.9. The van der Waals surface area contributed by atoms with Crippen LogP contribution in [0.4, 0.5) is 13.2 Å². The normalized spacial score (nSPS) is 11.7. The molecule has 2 aromatic rings. The van der Waals surface area contributed by atoms with Gasteiger partial charge in [0, 0.05) is 0 Å². The van der Waals surface area contributed by atoms with E-state index < -0.39 is 17.7 Å². The van der Waals surface area contributed by atoms with Crippen molar-refractivity contribution in [3.8, 4) is 0 Å². The van der Waals surface area contributed by atoms with Crippen LogP contribution in [0.15, 0.2) is 17.4 Å². The maximum absolute atomic E-state index is 11.9. The van der Waals surface area contributed by atoms with Crippen molar-refractivity contribution < 1.29 is 22.8 Å². The molecule has 0 radical (unpaired) electrons. The minimum atomic E-state index is -5.19. The number of nitrogens with one attached hydrogen (secondary N) is 1. The van der Waals surface area contributed by atoms with Gasteiger partial charge in [-0.3, -0.25) is 4.79 Å². The number of hydrogen-bond donors (Lipinski definition) is 1. The molecule has 0 aromatic carbocycles. The number of rotatable bonds is 1. The van der Waals surface area contributed by atoms with Crippen LogP contribution in [0.5, 0.6) is 0 Å². The Morgan fingerprint density at radius 2 is 2.12 bits per heavy atom. The molecule has 2 aromatic heterocycles. The first kappa shape index (κ1) is 11.1. The molecule has 17 heavy (non-hydrogen) atoms. The predicted octanol–water partition coefficient (Wildman–Crippen LogP) is -0.363. The number of H-pyrrole nitrogens is 1. The number of alkyl halides is 3. The standard InChI is InChI=1S/C7H3F3N4O3/c8-7(9,10)6(16)17-14-2-13-4-3(5(14)15)11-1-12-4/h1-2H,(H,11,12). The quantitative estimate of drug-likeness (QED) is 0.744. The second kappa shape index (κ2) is 3.57. The van der Waals surface area contributed by atoms with E-state index in [2.05, 4.69) is 19.8 Å². The molecule has 0 amide bonds. The van der Waals surface area contributed by atoms with E-state index in [0.717, 1.165) is 6.33 Å². The molecule has 0 spiro atoms. The second-order valence-corrected chi connectivity index (χ2v) is 2.85. The summed E-state index contributed by atoms with van der Waals surface area (Å²) in [6.07, 6.45) is -3.42. The minimum Gasteiger partial charge on any atom is -0.339 e. The van der Waals surface area contributed by atoms with Gasteiger partial charge < -0.3 is 9.82 Å². The third-order valence-corrected chi connectivity index (χ3v) is 1.73. The van der Waals surface area contributed by atoms with E-state index in [4.69, 9.17) is 0 Å². The van der Waals surface area contributed by atoms with E-state index in [-0.39, 0.29) is 15.9 Å². The molecule has 0 aliphatic heterocycles. The summed E-state index contributed by atoms with van der Waals surface area (Å²) in [6.45, 7) is 0. The second-order valence-electron chi connectivity index (χ2n) is 2.85. The van der Waals surface area contributed by atoms with Gasteiger partial charge in [-0.25, -0.2) is 14.8 Å². The Hall–Kier alpha value is -2.39. The van der Waals surface area contributed by atoms with E-state index in [1.165, 1.54) is 0 Å². The Morgan fingerprint density at radius 3 is 2.76 bits per heavy atom. The number of aromatic nitrogens is 4. The molecule has 0 saturated heterocycles. The van der Waals surface area contributed by atoms with Crippen molar-refractivity contribution in [1.29, 1.82) is 0 Å². The zero-order valence-electron chi connectivity index (χ0n) is 7.85. The molecular weight excluding hydrogens is 245 g/mol. The van der Waals surface area contributed by atoms with Crippen LogP contribution in [-0.2, 0) is 4.79 Å². The Kier molecular flexibility index (Phi) is 2.33. The summed E-state index contributed by atoms with van der Waals surface area (Å²) >= 11 is 0. The van der Waals surface area contributed by atoms with E-state index >= 15 is 0 Å². The number of hydrogen-bond acceptors (Lipinski definition) is 5. The lowest BCUT2D eigenvalue weighted by Gasteiger charge is -2.06. The highest BCUT2D eigenvalue weighted by molar-refractivity contribution is 5.76. The highest BCUT2D eigenvalue weighted by atomic mass is 19.4. The summed E-state index contributed by atoms with van der Waals surface area (Å²) in [5.41, 5.74) is -1.15. The number of imidazole rings is 1.